The SMILES string of the molecule is O=C(O)CCC(NP(=O)(O)c1cc2ccccc2[nH]1)C(=O)O. The van der Waals surface area contributed by atoms with E-state index in [4.69, 9.17) is 10.2 Å². The van der Waals surface area contributed by atoms with Crippen LogP contribution in [0.4, 0.5) is 0 Å². The molecule has 0 aliphatic heterocycles. The Morgan fingerprint density at radius 3 is 2.55 bits per heavy atom. The summed E-state index contributed by atoms with van der Waals surface area (Å²) in [6.07, 6.45) is -0.716. The number of benzene rings is 1. The van der Waals surface area contributed by atoms with Crippen LogP contribution in [-0.2, 0) is 14.2 Å². The van der Waals surface area contributed by atoms with Crippen molar-refractivity contribution in [3.05, 3.63) is 30.3 Å². The second-order valence-electron chi connectivity index (χ2n) is 4.77. The Balaban J connectivity index is 2.22. The van der Waals surface area contributed by atoms with Gasteiger partial charge in [-0.3, -0.25) is 14.2 Å². The molecule has 0 spiro atoms. The minimum absolute atomic E-state index is 0.0322. The predicted molar refractivity (Wildman–Crippen MR) is 79.2 cm³/mol. The lowest BCUT2D eigenvalue weighted by Crippen LogP contribution is -2.37. The first-order valence-corrected chi connectivity index (χ1v) is 8.09. The lowest BCUT2D eigenvalue weighted by molar-refractivity contribution is -0.140. The summed E-state index contributed by atoms with van der Waals surface area (Å²) < 4.78 is 12.3. The third-order valence-corrected chi connectivity index (χ3v) is 4.67. The second kappa shape index (κ2) is 6.31. The van der Waals surface area contributed by atoms with E-state index in [9.17, 15) is 19.0 Å². The van der Waals surface area contributed by atoms with E-state index in [0.29, 0.717) is 10.9 Å². The third-order valence-electron chi connectivity index (χ3n) is 3.12. The molecule has 0 fully saturated rings. The van der Waals surface area contributed by atoms with Gasteiger partial charge in [-0.25, -0.2) is 5.09 Å². The highest BCUT2D eigenvalue weighted by Gasteiger charge is 2.31. The Morgan fingerprint density at radius 2 is 1.95 bits per heavy atom. The zero-order valence-corrected chi connectivity index (χ0v) is 12.3. The summed E-state index contributed by atoms with van der Waals surface area (Å²) >= 11 is 0. The maximum absolute atomic E-state index is 12.3. The molecule has 2 aromatic rings. The van der Waals surface area contributed by atoms with Crippen LogP contribution < -0.4 is 10.5 Å². The van der Waals surface area contributed by atoms with Gasteiger partial charge < -0.3 is 20.1 Å². The highest BCUT2D eigenvalue weighted by atomic mass is 31.2. The number of carboxylic acid groups (broad SMARTS) is 2. The summed E-state index contributed by atoms with van der Waals surface area (Å²) in [7, 11) is -4.17. The number of hydrogen-bond acceptors (Lipinski definition) is 3. The fourth-order valence-electron chi connectivity index (χ4n) is 2.01. The fraction of sp³-hybridized carbons (Fsp3) is 0.231. The quantitative estimate of drug-likeness (QED) is 0.476. The Bertz CT molecular complexity index is 723. The van der Waals surface area contributed by atoms with Crippen molar-refractivity contribution in [1.29, 1.82) is 0 Å². The monoisotopic (exact) mass is 326 g/mol. The number of aromatic amines is 1. The molecule has 22 heavy (non-hydrogen) atoms. The van der Waals surface area contributed by atoms with Crippen LogP contribution >= 0.6 is 7.52 Å². The van der Waals surface area contributed by atoms with Gasteiger partial charge in [0.25, 0.3) is 0 Å². The smallest absolute Gasteiger partial charge is 0.321 e. The fourth-order valence-corrected chi connectivity index (χ4v) is 3.40. The number of nitrogens with one attached hydrogen (secondary N) is 2. The molecule has 0 saturated carbocycles. The molecule has 1 aromatic carbocycles. The second-order valence-corrected chi connectivity index (χ2v) is 6.66. The molecule has 118 valence electrons. The molecule has 5 N–H and O–H groups in total. The number of hydrogen-bond donors (Lipinski definition) is 5. The third kappa shape index (κ3) is 3.73. The summed E-state index contributed by atoms with van der Waals surface area (Å²) in [4.78, 5) is 34.5. The molecule has 8 nitrogen and oxygen atoms in total. The first-order valence-electron chi connectivity index (χ1n) is 6.43. The summed E-state index contributed by atoms with van der Waals surface area (Å²) in [5, 5.41) is 20.5. The van der Waals surface area contributed by atoms with E-state index in [0.717, 1.165) is 0 Å². The van der Waals surface area contributed by atoms with E-state index in [2.05, 4.69) is 10.1 Å². The molecule has 0 amide bonds. The Labute approximate surface area is 125 Å². The van der Waals surface area contributed by atoms with Gasteiger partial charge >= 0.3 is 19.5 Å². The van der Waals surface area contributed by atoms with Crippen molar-refractivity contribution in [2.75, 3.05) is 0 Å². The van der Waals surface area contributed by atoms with Crippen molar-refractivity contribution in [3.63, 3.8) is 0 Å². The zero-order valence-electron chi connectivity index (χ0n) is 11.4. The molecule has 2 rings (SSSR count). The van der Waals surface area contributed by atoms with Gasteiger partial charge in [0, 0.05) is 17.3 Å². The maximum atomic E-state index is 12.3. The predicted octanol–water partition coefficient (Wildman–Crippen LogP) is 0.886. The molecular weight excluding hydrogens is 311 g/mol. The van der Waals surface area contributed by atoms with Gasteiger partial charge in [-0.05, 0) is 18.6 Å². The summed E-state index contributed by atoms with van der Waals surface area (Å²) in [6, 6.07) is 7.01. The molecule has 0 aliphatic carbocycles. The van der Waals surface area contributed by atoms with E-state index in [1.54, 1.807) is 24.3 Å². The Kier molecular flexibility index (Phi) is 4.65. The molecule has 2 atom stereocenters. The standard InChI is InChI=1S/C13H15N2O6P/c16-12(17)6-5-10(13(18)19)15-22(20,21)11-7-8-3-1-2-4-9(8)14-11/h1-4,7,10,14H,5-6H2,(H,16,17)(H,18,19)(H2,15,20,21). The van der Waals surface area contributed by atoms with Crippen LogP contribution in [0, 0.1) is 0 Å². The average Bonchev–Trinajstić information content (AvgIpc) is 2.87. The van der Waals surface area contributed by atoms with Crippen LogP contribution in [0.5, 0.6) is 0 Å². The van der Waals surface area contributed by atoms with Crippen LogP contribution in [0.2, 0.25) is 0 Å². The van der Waals surface area contributed by atoms with Gasteiger partial charge in [0.15, 0.2) is 0 Å². The van der Waals surface area contributed by atoms with E-state index < -0.39 is 31.9 Å². The molecular formula is C13H15N2O6P. The molecule has 2 unspecified atom stereocenters. The Hall–Kier alpha value is -2.15. The minimum atomic E-state index is -4.17. The topological polar surface area (TPSA) is 140 Å². The van der Waals surface area contributed by atoms with Gasteiger partial charge in [-0.15, -0.1) is 0 Å². The number of carboxylic acids is 2. The number of fused-ring (bicyclic) bond motifs is 1. The number of para-hydroxylation sites is 1. The van der Waals surface area contributed by atoms with Crippen LogP contribution in [0.1, 0.15) is 12.8 Å². The molecule has 1 heterocycles. The highest BCUT2D eigenvalue weighted by Crippen LogP contribution is 2.36. The summed E-state index contributed by atoms with van der Waals surface area (Å²) in [5.74, 6) is -2.56. The number of H-pyrrole nitrogens is 1. The first kappa shape index (κ1) is 16.2. The van der Waals surface area contributed by atoms with Crippen LogP contribution in [0.3, 0.4) is 0 Å². The van der Waals surface area contributed by atoms with Gasteiger partial charge in [-0.1, -0.05) is 18.2 Å². The maximum Gasteiger partial charge on any atom is 0.321 e. The zero-order chi connectivity index (χ0) is 16.3. The number of carbonyl (C=O) groups is 2. The van der Waals surface area contributed by atoms with E-state index in [-0.39, 0.29) is 11.9 Å². The molecule has 0 radical (unpaired) electrons. The van der Waals surface area contributed by atoms with Crippen molar-refractivity contribution < 1.29 is 29.3 Å². The van der Waals surface area contributed by atoms with Crippen molar-refractivity contribution in [2.45, 2.75) is 18.9 Å². The first-order chi connectivity index (χ1) is 10.3. The van der Waals surface area contributed by atoms with E-state index >= 15 is 0 Å². The van der Waals surface area contributed by atoms with Crippen LogP contribution in [0.15, 0.2) is 30.3 Å². The largest absolute Gasteiger partial charge is 0.481 e. The lowest BCUT2D eigenvalue weighted by Gasteiger charge is -2.17. The van der Waals surface area contributed by atoms with Crippen LogP contribution in [0.25, 0.3) is 10.9 Å². The van der Waals surface area contributed by atoms with Crippen molar-refractivity contribution in [2.24, 2.45) is 0 Å². The van der Waals surface area contributed by atoms with E-state index in [1.165, 1.54) is 6.07 Å². The molecule has 9 heteroatoms. The summed E-state index contributed by atoms with van der Waals surface area (Å²) in [6.45, 7) is 0. The van der Waals surface area contributed by atoms with E-state index in [1.807, 2.05) is 0 Å². The molecule has 0 bridgehead atoms. The lowest BCUT2D eigenvalue weighted by atomic mass is 10.2. The normalized spacial score (nSPS) is 15.3. The minimum Gasteiger partial charge on any atom is -0.481 e. The number of rotatable bonds is 7. The van der Waals surface area contributed by atoms with Crippen molar-refractivity contribution in [3.8, 4) is 0 Å². The molecule has 0 saturated heterocycles. The number of aromatic nitrogens is 1. The summed E-state index contributed by atoms with van der Waals surface area (Å²) in [5.41, 5.74) is 0.612. The van der Waals surface area contributed by atoms with Crippen molar-refractivity contribution in [1.82, 2.24) is 10.1 Å². The van der Waals surface area contributed by atoms with Gasteiger partial charge in [-0.2, -0.15) is 0 Å². The van der Waals surface area contributed by atoms with Crippen molar-refractivity contribution >= 4 is 35.8 Å². The van der Waals surface area contributed by atoms with Gasteiger partial charge in [0.05, 0.1) is 0 Å². The number of aliphatic carboxylic acids is 2. The molecule has 1 aromatic heterocycles. The van der Waals surface area contributed by atoms with Crippen LogP contribution in [-0.4, -0.2) is 38.1 Å². The van der Waals surface area contributed by atoms with Gasteiger partial charge in [0.1, 0.15) is 11.5 Å². The average molecular weight is 326 g/mol. The molecule has 0 aliphatic rings. The van der Waals surface area contributed by atoms with Gasteiger partial charge in [0.2, 0.25) is 0 Å². The Morgan fingerprint density at radius 1 is 1.27 bits per heavy atom. The highest BCUT2D eigenvalue weighted by molar-refractivity contribution is 7.63.